The second kappa shape index (κ2) is 9.00. The van der Waals surface area contributed by atoms with Gasteiger partial charge in [-0.2, -0.15) is 13.2 Å². The van der Waals surface area contributed by atoms with Gasteiger partial charge in [0.25, 0.3) is 0 Å². The quantitative estimate of drug-likeness (QED) is 0.500. The molecule has 4 unspecified atom stereocenters. The Balaban J connectivity index is 1.57. The number of anilines is 1. The molecule has 190 valence electrons. The van der Waals surface area contributed by atoms with E-state index in [9.17, 15) is 26.4 Å². The van der Waals surface area contributed by atoms with E-state index in [0.717, 1.165) is 31.4 Å². The van der Waals surface area contributed by atoms with Gasteiger partial charge in [0.15, 0.2) is 9.84 Å². The van der Waals surface area contributed by atoms with Crippen molar-refractivity contribution < 1.29 is 31.1 Å². The summed E-state index contributed by atoms with van der Waals surface area (Å²) in [6, 6.07) is 3.51. The van der Waals surface area contributed by atoms with Crippen molar-refractivity contribution in [1.82, 2.24) is 5.32 Å². The molecule has 6 nitrogen and oxygen atoms in total. The average molecular weight is 503 g/mol. The Morgan fingerprint density at radius 1 is 1.12 bits per heavy atom. The molecule has 2 bridgehead atoms. The summed E-state index contributed by atoms with van der Waals surface area (Å²) in [5, 5.41) is 4.60. The number of hydrogen-bond acceptors (Lipinski definition) is 6. The molecule has 0 amide bonds. The zero-order valence-corrected chi connectivity index (χ0v) is 20.6. The number of esters is 1. The van der Waals surface area contributed by atoms with Gasteiger partial charge in [-0.25, -0.2) is 8.42 Å². The molecule has 0 aliphatic heterocycles. The Bertz CT molecular complexity index is 1030. The van der Waals surface area contributed by atoms with E-state index in [4.69, 9.17) is 4.74 Å². The molecule has 0 aromatic heterocycles. The van der Waals surface area contributed by atoms with Crippen LogP contribution in [-0.2, 0) is 25.5 Å². The molecule has 34 heavy (non-hydrogen) atoms. The highest BCUT2D eigenvalue weighted by molar-refractivity contribution is 7.92. The fourth-order valence-corrected chi connectivity index (χ4v) is 7.45. The lowest BCUT2D eigenvalue weighted by Crippen LogP contribution is -2.43. The van der Waals surface area contributed by atoms with E-state index in [0.29, 0.717) is 24.7 Å². The summed E-state index contributed by atoms with van der Waals surface area (Å²) >= 11 is 0. The summed E-state index contributed by atoms with van der Waals surface area (Å²) in [6.07, 6.45) is 0.577. The highest BCUT2D eigenvalue weighted by Gasteiger charge is 2.46. The zero-order chi connectivity index (χ0) is 24.9. The van der Waals surface area contributed by atoms with Crippen LogP contribution in [0.2, 0.25) is 0 Å². The number of benzene rings is 1. The Labute approximate surface area is 198 Å². The molecule has 10 heteroatoms. The third-order valence-electron chi connectivity index (χ3n) is 6.93. The van der Waals surface area contributed by atoms with E-state index in [1.165, 1.54) is 12.5 Å². The molecule has 1 aromatic carbocycles. The molecule has 4 rings (SSSR count). The third-order valence-corrected chi connectivity index (χ3v) is 9.12. The zero-order valence-electron chi connectivity index (χ0n) is 19.7. The molecule has 2 N–H and O–H groups in total. The summed E-state index contributed by atoms with van der Waals surface area (Å²) in [4.78, 5) is 11.3. The van der Waals surface area contributed by atoms with Crippen molar-refractivity contribution in [2.75, 3.05) is 11.9 Å². The number of halogens is 3. The average Bonchev–Trinajstić information content (AvgIpc) is 3.31. The molecule has 1 aromatic rings. The summed E-state index contributed by atoms with van der Waals surface area (Å²) in [7, 11) is -4.41. The first-order chi connectivity index (χ1) is 15.7. The van der Waals surface area contributed by atoms with Crippen LogP contribution in [0.25, 0.3) is 0 Å². The first kappa shape index (κ1) is 25.3. The maximum Gasteiger partial charge on any atom is 0.417 e. The molecule has 0 radical (unpaired) electrons. The van der Waals surface area contributed by atoms with Crippen molar-refractivity contribution >= 4 is 21.5 Å². The van der Waals surface area contributed by atoms with Gasteiger partial charge in [0.2, 0.25) is 0 Å². The van der Waals surface area contributed by atoms with Gasteiger partial charge in [0.05, 0.1) is 17.0 Å². The summed E-state index contributed by atoms with van der Waals surface area (Å²) in [6.45, 7) is 4.65. The SMILES string of the molecule is CC(C)(C)OC(=O)CNC(C1CC1)S(=O)(=O)c1ccc(NC2CC3CCC2C3)cc1C(F)(F)F. The molecular formula is C24H33F3N2O4S. The molecule has 0 saturated heterocycles. The molecule has 3 aliphatic carbocycles. The van der Waals surface area contributed by atoms with Crippen LogP contribution in [0.4, 0.5) is 18.9 Å². The van der Waals surface area contributed by atoms with Crippen molar-refractivity contribution in [1.29, 1.82) is 0 Å². The number of hydrogen-bond donors (Lipinski definition) is 2. The number of fused-ring (bicyclic) bond motifs is 2. The molecule has 3 aliphatic rings. The Morgan fingerprint density at radius 2 is 1.82 bits per heavy atom. The van der Waals surface area contributed by atoms with Crippen molar-refractivity contribution in [3.63, 3.8) is 0 Å². The predicted molar refractivity (Wildman–Crippen MR) is 122 cm³/mol. The van der Waals surface area contributed by atoms with Crippen LogP contribution in [0.1, 0.15) is 64.9 Å². The van der Waals surface area contributed by atoms with Crippen LogP contribution in [0, 0.1) is 17.8 Å². The van der Waals surface area contributed by atoms with E-state index in [-0.39, 0.29) is 17.6 Å². The Kier molecular flexibility index (Phi) is 6.70. The number of rotatable bonds is 8. The van der Waals surface area contributed by atoms with Crippen LogP contribution in [0.5, 0.6) is 0 Å². The predicted octanol–water partition coefficient (Wildman–Crippen LogP) is 4.75. The van der Waals surface area contributed by atoms with E-state index < -0.39 is 50.0 Å². The summed E-state index contributed by atoms with van der Waals surface area (Å²) in [5.74, 6) is 0.0776. The number of alkyl halides is 3. The second-order valence-electron chi connectivity index (χ2n) is 10.9. The normalized spacial score (nSPS) is 25.9. The molecule has 0 spiro atoms. The molecule has 3 fully saturated rings. The largest absolute Gasteiger partial charge is 0.459 e. The number of nitrogens with one attached hydrogen (secondary N) is 2. The first-order valence-corrected chi connectivity index (χ1v) is 13.5. The minimum atomic E-state index is -4.84. The molecule has 4 atom stereocenters. The monoisotopic (exact) mass is 502 g/mol. The fraction of sp³-hybridized carbons (Fsp3) is 0.708. The number of sulfone groups is 1. The van der Waals surface area contributed by atoms with Gasteiger partial charge in [-0.05, 0) is 88.8 Å². The Morgan fingerprint density at radius 3 is 2.35 bits per heavy atom. The van der Waals surface area contributed by atoms with Gasteiger partial charge in [-0.15, -0.1) is 0 Å². The highest BCUT2D eigenvalue weighted by Crippen LogP contribution is 2.46. The lowest BCUT2D eigenvalue weighted by atomic mass is 9.95. The van der Waals surface area contributed by atoms with E-state index in [2.05, 4.69) is 10.6 Å². The van der Waals surface area contributed by atoms with Gasteiger partial charge < -0.3 is 10.1 Å². The maximum atomic E-state index is 14.0. The minimum absolute atomic E-state index is 0.122. The van der Waals surface area contributed by atoms with Gasteiger partial charge in [0, 0.05) is 11.7 Å². The van der Waals surface area contributed by atoms with Crippen molar-refractivity contribution in [2.24, 2.45) is 17.8 Å². The van der Waals surface area contributed by atoms with Crippen LogP contribution in [0.3, 0.4) is 0 Å². The summed E-state index contributed by atoms with van der Waals surface area (Å²) < 4.78 is 74.1. The number of carbonyl (C=O) groups excluding carboxylic acids is 1. The van der Waals surface area contributed by atoms with Gasteiger partial charge in [-0.1, -0.05) is 6.42 Å². The topological polar surface area (TPSA) is 84.5 Å². The second-order valence-corrected chi connectivity index (χ2v) is 12.9. The van der Waals surface area contributed by atoms with Gasteiger partial charge in [0.1, 0.15) is 11.0 Å². The van der Waals surface area contributed by atoms with Gasteiger partial charge >= 0.3 is 12.1 Å². The number of ether oxygens (including phenoxy) is 1. The fourth-order valence-electron chi connectivity index (χ4n) is 5.35. The smallest absolute Gasteiger partial charge is 0.417 e. The van der Waals surface area contributed by atoms with Crippen LogP contribution in [0.15, 0.2) is 23.1 Å². The van der Waals surface area contributed by atoms with Crippen molar-refractivity contribution in [3.8, 4) is 0 Å². The minimum Gasteiger partial charge on any atom is -0.459 e. The molecule has 3 saturated carbocycles. The molecular weight excluding hydrogens is 469 g/mol. The van der Waals surface area contributed by atoms with Crippen LogP contribution in [-0.4, -0.2) is 37.9 Å². The van der Waals surface area contributed by atoms with Crippen LogP contribution >= 0.6 is 0 Å². The number of carbonyl (C=O) groups is 1. The van der Waals surface area contributed by atoms with E-state index in [1.54, 1.807) is 20.8 Å². The van der Waals surface area contributed by atoms with Crippen molar-refractivity contribution in [3.05, 3.63) is 23.8 Å². The highest BCUT2D eigenvalue weighted by atomic mass is 32.2. The third kappa shape index (κ3) is 5.70. The summed E-state index contributed by atoms with van der Waals surface area (Å²) in [5.41, 5.74) is -1.64. The maximum absolute atomic E-state index is 14.0. The van der Waals surface area contributed by atoms with Crippen LogP contribution < -0.4 is 10.6 Å². The van der Waals surface area contributed by atoms with Gasteiger partial charge in [-0.3, -0.25) is 10.1 Å². The van der Waals surface area contributed by atoms with E-state index >= 15 is 0 Å². The lowest BCUT2D eigenvalue weighted by molar-refractivity contribution is -0.153. The standard InChI is InChI=1S/C24H33F3N2O4S/c1-23(2,3)33-21(30)13-28-22(15-6-7-15)34(31,32)20-9-8-17(12-18(20)24(25,26)27)29-19-11-14-4-5-16(19)10-14/h8-9,12,14-16,19,22,28-29H,4-7,10-11,13H2,1-3H3. The Hall–Kier alpha value is -1.81. The van der Waals surface area contributed by atoms with E-state index in [1.807, 2.05) is 0 Å². The van der Waals surface area contributed by atoms with Crippen molar-refractivity contribution in [2.45, 2.75) is 87.4 Å². The first-order valence-electron chi connectivity index (χ1n) is 11.9. The molecule has 0 heterocycles. The lowest BCUT2D eigenvalue weighted by Gasteiger charge is -2.26.